The molecule has 1 aliphatic rings. The molecule has 0 atom stereocenters. The minimum absolute atomic E-state index is 0.341. The second-order valence-corrected chi connectivity index (χ2v) is 4.13. The number of ether oxygens (including phenoxy) is 2. The molecule has 1 aliphatic heterocycles. The second-order valence-electron chi connectivity index (χ2n) is 4.13. The molecule has 1 aromatic heterocycles. The predicted molar refractivity (Wildman–Crippen MR) is 67.2 cm³/mol. The molecule has 1 aromatic rings. The maximum Gasteiger partial charge on any atom is 0.337 e. The van der Waals surface area contributed by atoms with Gasteiger partial charge in [-0.25, -0.2) is 4.79 Å². The molecule has 4 heteroatoms. The molecule has 0 aliphatic carbocycles. The van der Waals surface area contributed by atoms with E-state index in [9.17, 15) is 4.79 Å². The summed E-state index contributed by atoms with van der Waals surface area (Å²) in [6.45, 7) is 3.70. The summed E-state index contributed by atoms with van der Waals surface area (Å²) in [5, 5.41) is 0. The Hall–Kier alpha value is -2.10. The number of hydrogen-bond donors (Lipinski definition) is 0. The first-order valence-corrected chi connectivity index (χ1v) is 5.70. The Balaban J connectivity index is 2.31. The summed E-state index contributed by atoms with van der Waals surface area (Å²) < 4.78 is 10.5. The van der Waals surface area contributed by atoms with Crippen LogP contribution in [0, 0.1) is 0 Å². The minimum atomic E-state index is -0.341. The largest absolute Gasteiger partial charge is 0.466 e. The molecule has 0 radical (unpaired) electrons. The van der Waals surface area contributed by atoms with Gasteiger partial charge in [0.15, 0.2) is 5.76 Å². The van der Waals surface area contributed by atoms with Gasteiger partial charge in [-0.3, -0.25) is 4.98 Å². The van der Waals surface area contributed by atoms with Crippen LogP contribution in [0.1, 0.15) is 26.0 Å². The molecule has 0 bridgehead atoms. The van der Waals surface area contributed by atoms with Crippen LogP contribution in [0.2, 0.25) is 0 Å². The van der Waals surface area contributed by atoms with Crippen molar-refractivity contribution in [1.82, 2.24) is 4.98 Å². The number of allylic oxidation sites excluding steroid dienone is 2. The average molecular weight is 245 g/mol. The van der Waals surface area contributed by atoms with Crippen molar-refractivity contribution in [3.8, 4) is 0 Å². The van der Waals surface area contributed by atoms with E-state index in [0.29, 0.717) is 17.8 Å². The van der Waals surface area contributed by atoms with E-state index in [4.69, 9.17) is 9.47 Å². The highest BCUT2D eigenvalue weighted by molar-refractivity contribution is 5.90. The van der Waals surface area contributed by atoms with Crippen LogP contribution < -0.4 is 0 Å². The van der Waals surface area contributed by atoms with Gasteiger partial charge in [-0.15, -0.1) is 0 Å². The van der Waals surface area contributed by atoms with E-state index in [0.717, 1.165) is 17.0 Å². The first kappa shape index (κ1) is 12.4. The van der Waals surface area contributed by atoms with E-state index in [2.05, 4.69) is 4.98 Å². The molecule has 0 fully saturated rings. The van der Waals surface area contributed by atoms with Crippen molar-refractivity contribution in [2.24, 2.45) is 0 Å². The van der Waals surface area contributed by atoms with Gasteiger partial charge in [-0.1, -0.05) is 6.07 Å². The van der Waals surface area contributed by atoms with Crippen LogP contribution in [0.15, 0.2) is 41.3 Å². The van der Waals surface area contributed by atoms with Crippen LogP contribution >= 0.6 is 0 Å². The fourth-order valence-corrected chi connectivity index (χ4v) is 1.88. The summed E-state index contributed by atoms with van der Waals surface area (Å²) in [5.74, 6) is 0.959. The fourth-order valence-electron chi connectivity index (χ4n) is 1.88. The maximum absolute atomic E-state index is 11.6. The van der Waals surface area contributed by atoms with Gasteiger partial charge in [0.1, 0.15) is 11.5 Å². The van der Waals surface area contributed by atoms with Crippen molar-refractivity contribution in [2.45, 2.75) is 20.3 Å². The molecule has 0 unspecified atom stereocenters. The van der Waals surface area contributed by atoms with E-state index >= 15 is 0 Å². The molecule has 94 valence electrons. The maximum atomic E-state index is 11.6. The van der Waals surface area contributed by atoms with Crippen molar-refractivity contribution >= 4 is 11.7 Å². The second kappa shape index (κ2) is 5.04. The normalized spacial score (nSPS) is 15.5. The summed E-state index contributed by atoms with van der Waals surface area (Å²) in [6.07, 6.45) is 2.25. The van der Waals surface area contributed by atoms with Gasteiger partial charge in [0, 0.05) is 12.6 Å². The van der Waals surface area contributed by atoms with E-state index in [1.165, 1.54) is 7.11 Å². The molecule has 0 amide bonds. The Morgan fingerprint density at radius 1 is 1.39 bits per heavy atom. The Kier molecular flexibility index (Phi) is 3.46. The number of pyridine rings is 1. The monoisotopic (exact) mass is 245 g/mol. The van der Waals surface area contributed by atoms with Crippen LogP contribution in [0.25, 0.3) is 5.76 Å². The molecule has 0 saturated heterocycles. The van der Waals surface area contributed by atoms with E-state index in [1.54, 1.807) is 13.1 Å². The zero-order chi connectivity index (χ0) is 13.1. The SMILES string of the molecule is COC(=O)C1=C(C)OC(c2ccccn2)=C(C)C1. The predicted octanol–water partition coefficient (Wildman–Crippen LogP) is 2.68. The molecule has 0 aromatic carbocycles. The van der Waals surface area contributed by atoms with Crippen molar-refractivity contribution in [1.29, 1.82) is 0 Å². The van der Waals surface area contributed by atoms with Gasteiger partial charge in [-0.2, -0.15) is 0 Å². The smallest absolute Gasteiger partial charge is 0.337 e. The van der Waals surface area contributed by atoms with Crippen LogP contribution in [0.5, 0.6) is 0 Å². The van der Waals surface area contributed by atoms with Gasteiger partial charge >= 0.3 is 5.97 Å². The number of methoxy groups -OCH3 is 1. The number of hydrogen-bond acceptors (Lipinski definition) is 4. The molecular weight excluding hydrogens is 230 g/mol. The molecular formula is C14H15NO3. The number of carbonyl (C=O) groups is 1. The van der Waals surface area contributed by atoms with Gasteiger partial charge in [0.2, 0.25) is 0 Å². The van der Waals surface area contributed by atoms with E-state index in [-0.39, 0.29) is 5.97 Å². The van der Waals surface area contributed by atoms with Gasteiger partial charge in [0.25, 0.3) is 0 Å². The molecule has 0 spiro atoms. The quantitative estimate of drug-likeness (QED) is 0.751. The van der Waals surface area contributed by atoms with E-state index in [1.807, 2.05) is 25.1 Å². The third-order valence-corrected chi connectivity index (χ3v) is 2.84. The number of rotatable bonds is 2. The number of nitrogens with zero attached hydrogens (tertiary/aromatic N) is 1. The molecule has 0 saturated carbocycles. The zero-order valence-corrected chi connectivity index (χ0v) is 10.7. The van der Waals surface area contributed by atoms with Crippen LogP contribution in [-0.4, -0.2) is 18.1 Å². The topological polar surface area (TPSA) is 48.4 Å². The summed E-state index contributed by atoms with van der Waals surface area (Å²) in [6, 6.07) is 5.64. The number of esters is 1. The minimum Gasteiger partial charge on any atom is -0.466 e. The van der Waals surface area contributed by atoms with Crippen molar-refractivity contribution < 1.29 is 14.3 Å². The standard InChI is InChI=1S/C14H15NO3/c1-9-8-11(14(16)17-3)10(2)18-13(9)12-6-4-5-7-15-12/h4-7H,8H2,1-3H3. The highest BCUT2D eigenvalue weighted by Gasteiger charge is 2.24. The third-order valence-electron chi connectivity index (χ3n) is 2.84. The Bertz CT molecular complexity index is 529. The van der Waals surface area contributed by atoms with Crippen LogP contribution in [0.3, 0.4) is 0 Å². The van der Waals surface area contributed by atoms with Crippen molar-refractivity contribution in [3.63, 3.8) is 0 Å². The summed E-state index contributed by atoms with van der Waals surface area (Å²) in [5.41, 5.74) is 2.31. The van der Waals surface area contributed by atoms with Crippen LogP contribution in [-0.2, 0) is 14.3 Å². The Labute approximate surface area is 106 Å². The van der Waals surface area contributed by atoms with Crippen LogP contribution in [0.4, 0.5) is 0 Å². The Morgan fingerprint density at radius 2 is 2.17 bits per heavy atom. The Morgan fingerprint density at radius 3 is 2.78 bits per heavy atom. The average Bonchev–Trinajstić information content (AvgIpc) is 2.41. The third kappa shape index (κ3) is 2.27. The summed E-state index contributed by atoms with van der Waals surface area (Å²) >= 11 is 0. The molecule has 2 heterocycles. The first-order valence-electron chi connectivity index (χ1n) is 5.70. The van der Waals surface area contributed by atoms with Gasteiger partial charge in [0.05, 0.1) is 12.7 Å². The lowest BCUT2D eigenvalue weighted by molar-refractivity contribution is -0.136. The zero-order valence-electron chi connectivity index (χ0n) is 10.7. The van der Waals surface area contributed by atoms with Gasteiger partial charge in [-0.05, 0) is 31.6 Å². The lowest BCUT2D eigenvalue weighted by Gasteiger charge is -2.21. The highest BCUT2D eigenvalue weighted by atomic mass is 16.5. The van der Waals surface area contributed by atoms with E-state index < -0.39 is 0 Å². The van der Waals surface area contributed by atoms with Gasteiger partial charge < -0.3 is 9.47 Å². The number of carbonyl (C=O) groups excluding carboxylic acids is 1. The van der Waals surface area contributed by atoms with Crippen molar-refractivity contribution in [3.05, 3.63) is 47.0 Å². The number of aromatic nitrogens is 1. The molecule has 18 heavy (non-hydrogen) atoms. The molecule has 2 rings (SSSR count). The molecule has 4 nitrogen and oxygen atoms in total. The highest BCUT2D eigenvalue weighted by Crippen LogP contribution is 2.32. The lowest BCUT2D eigenvalue weighted by atomic mass is 10.0. The lowest BCUT2D eigenvalue weighted by Crippen LogP contribution is -2.14. The fraction of sp³-hybridized carbons (Fsp3) is 0.286. The summed E-state index contributed by atoms with van der Waals surface area (Å²) in [4.78, 5) is 15.8. The molecule has 0 N–H and O–H groups in total. The summed E-state index contributed by atoms with van der Waals surface area (Å²) in [7, 11) is 1.37. The van der Waals surface area contributed by atoms with Crippen molar-refractivity contribution in [2.75, 3.05) is 7.11 Å². The first-order chi connectivity index (χ1) is 8.63.